The molecule has 0 aliphatic heterocycles. The van der Waals surface area contributed by atoms with E-state index >= 15 is 0 Å². The van der Waals surface area contributed by atoms with E-state index in [1.165, 1.54) is 12.1 Å². The second kappa shape index (κ2) is 9.33. The van der Waals surface area contributed by atoms with Gasteiger partial charge in [-0.25, -0.2) is 17.8 Å². The predicted molar refractivity (Wildman–Crippen MR) is 124 cm³/mol. The Morgan fingerprint density at radius 1 is 0.939 bits per heavy atom. The molecule has 0 aliphatic rings. The minimum absolute atomic E-state index is 0.147. The van der Waals surface area contributed by atoms with Gasteiger partial charge < -0.3 is 4.98 Å². The maximum absolute atomic E-state index is 13.8. The van der Waals surface area contributed by atoms with E-state index in [1.807, 2.05) is 6.07 Å². The average molecular weight is 465 g/mol. The number of hydrogen-bond acceptors (Lipinski definition) is 5. The van der Waals surface area contributed by atoms with Crippen molar-refractivity contribution in [3.63, 3.8) is 0 Å². The van der Waals surface area contributed by atoms with Gasteiger partial charge in [-0.1, -0.05) is 30.3 Å². The summed E-state index contributed by atoms with van der Waals surface area (Å²) in [7, 11) is -3.55. The highest BCUT2D eigenvalue weighted by molar-refractivity contribution is 7.92. The fourth-order valence-electron chi connectivity index (χ4n) is 3.87. The molecule has 2 unspecified atom stereocenters. The van der Waals surface area contributed by atoms with E-state index in [0.29, 0.717) is 16.8 Å². The van der Waals surface area contributed by atoms with Gasteiger partial charge in [0.25, 0.3) is 5.56 Å². The topological polar surface area (TPSA) is 105 Å². The SMILES string of the molecule is CS(=O)(=O)Nc1cccc(C(c2ccc(F)cc2)C(c2cccnc2)c2ccc[nH]c2=O)n1. The average Bonchev–Trinajstić information content (AvgIpc) is 2.79. The van der Waals surface area contributed by atoms with Crippen LogP contribution >= 0.6 is 0 Å². The lowest BCUT2D eigenvalue weighted by molar-refractivity contribution is 0.606. The molecule has 0 bridgehead atoms. The number of benzene rings is 1. The largest absolute Gasteiger partial charge is 0.329 e. The molecule has 168 valence electrons. The molecule has 4 rings (SSSR count). The standard InChI is InChI=1S/C24H21FN4O3S/c1-33(31,32)29-21-8-2-7-20(28-21)23(16-9-11-18(25)12-10-16)22(17-5-3-13-26-15-17)19-6-4-14-27-24(19)30/h2-15,22-23H,1H3,(H,27,30)(H,28,29). The van der Waals surface area contributed by atoms with Gasteiger partial charge in [0.1, 0.15) is 11.6 Å². The predicted octanol–water partition coefficient (Wildman–Crippen LogP) is 3.64. The van der Waals surface area contributed by atoms with E-state index in [4.69, 9.17) is 0 Å². The summed E-state index contributed by atoms with van der Waals surface area (Å²) in [6.45, 7) is 0. The molecule has 2 N–H and O–H groups in total. The van der Waals surface area contributed by atoms with Gasteiger partial charge in [0.2, 0.25) is 10.0 Å². The summed E-state index contributed by atoms with van der Waals surface area (Å²) in [5.41, 5.74) is 2.17. The van der Waals surface area contributed by atoms with Crippen molar-refractivity contribution in [3.8, 4) is 0 Å². The Morgan fingerprint density at radius 2 is 1.73 bits per heavy atom. The highest BCUT2D eigenvalue weighted by atomic mass is 32.2. The zero-order chi connectivity index (χ0) is 23.4. The van der Waals surface area contributed by atoms with Crippen molar-refractivity contribution in [2.24, 2.45) is 0 Å². The van der Waals surface area contributed by atoms with Crippen molar-refractivity contribution in [1.82, 2.24) is 15.0 Å². The van der Waals surface area contributed by atoms with E-state index in [-0.39, 0.29) is 11.4 Å². The first-order valence-electron chi connectivity index (χ1n) is 10.1. The maximum atomic E-state index is 13.8. The second-order valence-electron chi connectivity index (χ2n) is 7.57. The lowest BCUT2D eigenvalue weighted by Crippen LogP contribution is -2.23. The molecule has 7 nitrogen and oxygen atoms in total. The van der Waals surface area contributed by atoms with Gasteiger partial charge in [0, 0.05) is 36.0 Å². The number of pyridine rings is 3. The molecule has 1 aromatic carbocycles. The molecular weight excluding hydrogens is 443 g/mol. The van der Waals surface area contributed by atoms with Crippen molar-refractivity contribution < 1.29 is 12.8 Å². The molecule has 0 saturated carbocycles. The molecule has 2 atom stereocenters. The lowest BCUT2D eigenvalue weighted by Gasteiger charge is -2.28. The molecule has 9 heteroatoms. The summed E-state index contributed by atoms with van der Waals surface area (Å²) >= 11 is 0. The Hall–Kier alpha value is -3.85. The van der Waals surface area contributed by atoms with Crippen LogP contribution in [0.2, 0.25) is 0 Å². The van der Waals surface area contributed by atoms with Crippen molar-refractivity contribution in [1.29, 1.82) is 0 Å². The Labute approximate surface area is 190 Å². The van der Waals surface area contributed by atoms with Crippen molar-refractivity contribution in [2.75, 3.05) is 11.0 Å². The van der Waals surface area contributed by atoms with Crippen molar-refractivity contribution >= 4 is 15.8 Å². The fraction of sp³-hybridized carbons (Fsp3) is 0.125. The smallest absolute Gasteiger partial charge is 0.251 e. The zero-order valence-corrected chi connectivity index (χ0v) is 18.5. The minimum Gasteiger partial charge on any atom is -0.329 e. The summed E-state index contributed by atoms with van der Waals surface area (Å²) in [6.07, 6.45) is 5.90. The Morgan fingerprint density at radius 3 is 2.39 bits per heavy atom. The molecule has 0 aliphatic carbocycles. The first-order valence-corrected chi connectivity index (χ1v) is 12.0. The number of nitrogens with zero attached hydrogens (tertiary/aromatic N) is 2. The summed E-state index contributed by atoms with van der Waals surface area (Å²) in [6, 6.07) is 18.0. The maximum Gasteiger partial charge on any atom is 0.251 e. The van der Waals surface area contributed by atoms with E-state index < -0.39 is 27.7 Å². The normalized spacial score (nSPS) is 13.3. The van der Waals surface area contributed by atoms with Crippen molar-refractivity contribution in [3.05, 3.63) is 124 Å². The molecule has 3 heterocycles. The molecule has 0 radical (unpaired) electrons. The zero-order valence-electron chi connectivity index (χ0n) is 17.6. The van der Waals surface area contributed by atoms with Crippen LogP contribution in [0, 0.1) is 5.82 Å². The van der Waals surface area contributed by atoms with Crippen LogP contribution in [-0.4, -0.2) is 29.6 Å². The Bertz CT molecular complexity index is 1410. The number of aromatic nitrogens is 3. The number of aromatic amines is 1. The van der Waals surface area contributed by atoms with Crippen LogP contribution < -0.4 is 10.3 Å². The van der Waals surface area contributed by atoms with Gasteiger partial charge in [-0.3, -0.25) is 14.5 Å². The van der Waals surface area contributed by atoms with Gasteiger partial charge in [-0.2, -0.15) is 0 Å². The van der Waals surface area contributed by atoms with Gasteiger partial charge in [-0.15, -0.1) is 0 Å². The van der Waals surface area contributed by atoms with Crippen LogP contribution in [-0.2, 0) is 10.0 Å². The number of hydrogen-bond donors (Lipinski definition) is 2. The first-order chi connectivity index (χ1) is 15.8. The summed E-state index contributed by atoms with van der Waals surface area (Å²) in [5.74, 6) is -1.32. The highest BCUT2D eigenvalue weighted by Gasteiger charge is 2.31. The van der Waals surface area contributed by atoms with E-state index in [0.717, 1.165) is 11.8 Å². The minimum atomic E-state index is -3.55. The molecular formula is C24H21FN4O3S. The van der Waals surface area contributed by atoms with Crippen LogP contribution in [0.5, 0.6) is 0 Å². The number of halogens is 1. The number of anilines is 1. The molecule has 0 amide bonds. The summed E-state index contributed by atoms with van der Waals surface area (Å²) in [4.78, 5) is 24.3. The van der Waals surface area contributed by atoms with Gasteiger partial charge in [-0.05, 0) is 47.5 Å². The number of H-pyrrole nitrogens is 1. The van der Waals surface area contributed by atoms with Crippen molar-refractivity contribution in [2.45, 2.75) is 11.8 Å². The molecule has 0 saturated heterocycles. The molecule has 4 aromatic rings. The van der Waals surface area contributed by atoms with E-state index in [9.17, 15) is 17.6 Å². The molecule has 0 fully saturated rings. The van der Waals surface area contributed by atoms with Crippen LogP contribution in [0.1, 0.15) is 34.2 Å². The van der Waals surface area contributed by atoms with Crippen LogP contribution in [0.25, 0.3) is 0 Å². The van der Waals surface area contributed by atoms with Crippen LogP contribution in [0.15, 0.2) is 90.1 Å². The third-order valence-corrected chi connectivity index (χ3v) is 5.75. The highest BCUT2D eigenvalue weighted by Crippen LogP contribution is 2.41. The van der Waals surface area contributed by atoms with E-state index in [1.54, 1.807) is 67.1 Å². The quantitative estimate of drug-likeness (QED) is 0.435. The van der Waals surface area contributed by atoms with Gasteiger partial charge in [0.05, 0.1) is 11.9 Å². The molecule has 3 aromatic heterocycles. The second-order valence-corrected chi connectivity index (χ2v) is 9.32. The summed E-state index contributed by atoms with van der Waals surface area (Å²) in [5, 5.41) is 0. The number of nitrogens with one attached hydrogen (secondary N) is 2. The van der Waals surface area contributed by atoms with Crippen LogP contribution in [0.4, 0.5) is 10.2 Å². The lowest BCUT2D eigenvalue weighted by atomic mass is 9.76. The first kappa shape index (κ1) is 22.3. The van der Waals surface area contributed by atoms with Gasteiger partial charge >= 0.3 is 0 Å². The Balaban J connectivity index is 1.97. The number of sulfonamides is 1. The summed E-state index contributed by atoms with van der Waals surface area (Å²) < 4.78 is 39.7. The van der Waals surface area contributed by atoms with Gasteiger partial charge in [0.15, 0.2) is 0 Å². The Kier molecular flexibility index (Phi) is 6.32. The third-order valence-electron chi connectivity index (χ3n) is 5.17. The molecule has 33 heavy (non-hydrogen) atoms. The van der Waals surface area contributed by atoms with Crippen LogP contribution in [0.3, 0.4) is 0 Å². The van der Waals surface area contributed by atoms with E-state index in [2.05, 4.69) is 19.7 Å². The monoisotopic (exact) mass is 464 g/mol. The number of rotatable bonds is 7. The fourth-order valence-corrected chi connectivity index (χ4v) is 4.36. The third kappa shape index (κ3) is 5.32. The molecule has 0 spiro atoms.